The molecule has 0 radical (unpaired) electrons. The van der Waals surface area contributed by atoms with Gasteiger partial charge in [0.15, 0.2) is 0 Å². The molecule has 24 heavy (non-hydrogen) atoms. The molecule has 0 aliphatic heterocycles. The van der Waals surface area contributed by atoms with E-state index in [9.17, 15) is 0 Å². The Morgan fingerprint density at radius 1 is 0.417 bits per heavy atom. The van der Waals surface area contributed by atoms with E-state index in [-0.39, 0.29) is 12.4 Å². The standard InChI is InChI=1S/C22H47N.ClH/c1-3-5-6-7-8-9-10-11-12-13-14-15-16-17-18-19-20-21-22-23-4-2;/h23H,3-22H2,1-2H3;1H. The van der Waals surface area contributed by atoms with Gasteiger partial charge in [-0.05, 0) is 19.5 Å². The average Bonchev–Trinajstić information content (AvgIpc) is 2.57. The van der Waals surface area contributed by atoms with E-state index in [1.165, 1.54) is 122 Å². The van der Waals surface area contributed by atoms with Gasteiger partial charge < -0.3 is 5.32 Å². The van der Waals surface area contributed by atoms with Crippen LogP contribution in [0.2, 0.25) is 0 Å². The molecule has 0 heterocycles. The molecule has 0 saturated carbocycles. The number of unbranched alkanes of at least 4 members (excludes halogenated alkanes) is 17. The zero-order valence-electron chi connectivity index (χ0n) is 17.1. The largest absolute Gasteiger partial charge is 0.317 e. The summed E-state index contributed by atoms with van der Waals surface area (Å²) in [6.45, 7) is 6.83. The Kier molecular flexibility index (Phi) is 28.1. The third kappa shape index (κ3) is 24.5. The first kappa shape index (κ1) is 26.5. The number of hydrogen-bond donors (Lipinski definition) is 1. The van der Waals surface area contributed by atoms with Gasteiger partial charge in [0.2, 0.25) is 0 Å². The van der Waals surface area contributed by atoms with Crippen LogP contribution in [0.4, 0.5) is 0 Å². The summed E-state index contributed by atoms with van der Waals surface area (Å²) in [6, 6.07) is 0. The van der Waals surface area contributed by atoms with Gasteiger partial charge in [-0.2, -0.15) is 0 Å². The minimum Gasteiger partial charge on any atom is -0.317 e. The van der Waals surface area contributed by atoms with Crippen LogP contribution in [0.3, 0.4) is 0 Å². The first-order valence-corrected chi connectivity index (χ1v) is 11.1. The lowest BCUT2D eigenvalue weighted by Crippen LogP contribution is -2.13. The second kappa shape index (κ2) is 25.5. The maximum Gasteiger partial charge on any atom is -0.00490 e. The quantitative estimate of drug-likeness (QED) is 0.216. The van der Waals surface area contributed by atoms with Crippen molar-refractivity contribution in [2.75, 3.05) is 13.1 Å². The smallest absolute Gasteiger partial charge is 0.00490 e. The summed E-state index contributed by atoms with van der Waals surface area (Å²) in [5.74, 6) is 0. The van der Waals surface area contributed by atoms with E-state index in [2.05, 4.69) is 19.2 Å². The van der Waals surface area contributed by atoms with Crippen LogP contribution in [0.1, 0.15) is 129 Å². The maximum atomic E-state index is 3.40. The van der Waals surface area contributed by atoms with E-state index in [0.717, 1.165) is 6.54 Å². The maximum absolute atomic E-state index is 3.40. The van der Waals surface area contributed by atoms with Gasteiger partial charge >= 0.3 is 0 Å². The zero-order chi connectivity index (χ0) is 16.8. The molecule has 0 aromatic heterocycles. The lowest BCUT2D eigenvalue weighted by molar-refractivity contribution is 0.523. The lowest BCUT2D eigenvalue weighted by atomic mass is 10.0. The summed E-state index contributed by atoms with van der Waals surface area (Å²) in [5.41, 5.74) is 0. The van der Waals surface area contributed by atoms with Crippen molar-refractivity contribution < 1.29 is 0 Å². The van der Waals surface area contributed by atoms with Crippen molar-refractivity contribution in [1.82, 2.24) is 5.32 Å². The van der Waals surface area contributed by atoms with Gasteiger partial charge in [-0.15, -0.1) is 12.4 Å². The van der Waals surface area contributed by atoms with Crippen molar-refractivity contribution in [2.45, 2.75) is 129 Å². The van der Waals surface area contributed by atoms with Gasteiger partial charge in [0.25, 0.3) is 0 Å². The first-order valence-electron chi connectivity index (χ1n) is 11.1. The summed E-state index contributed by atoms with van der Waals surface area (Å²) in [4.78, 5) is 0. The molecule has 0 bridgehead atoms. The normalized spacial score (nSPS) is 10.8. The molecule has 0 amide bonds. The van der Waals surface area contributed by atoms with Crippen LogP contribution in [0.25, 0.3) is 0 Å². The van der Waals surface area contributed by atoms with E-state index < -0.39 is 0 Å². The van der Waals surface area contributed by atoms with Gasteiger partial charge in [0.1, 0.15) is 0 Å². The van der Waals surface area contributed by atoms with Crippen LogP contribution in [0, 0.1) is 0 Å². The van der Waals surface area contributed by atoms with Gasteiger partial charge in [-0.3, -0.25) is 0 Å². The Bertz CT molecular complexity index is 176. The van der Waals surface area contributed by atoms with Crippen LogP contribution in [-0.4, -0.2) is 13.1 Å². The second-order valence-corrected chi connectivity index (χ2v) is 7.36. The molecule has 0 aliphatic carbocycles. The van der Waals surface area contributed by atoms with E-state index in [1.807, 2.05) is 0 Å². The van der Waals surface area contributed by atoms with Crippen LogP contribution < -0.4 is 5.32 Å². The highest BCUT2D eigenvalue weighted by molar-refractivity contribution is 5.85. The lowest BCUT2D eigenvalue weighted by Gasteiger charge is -2.04. The fraction of sp³-hybridized carbons (Fsp3) is 1.00. The van der Waals surface area contributed by atoms with Crippen LogP contribution >= 0.6 is 12.4 Å². The number of nitrogens with one attached hydrogen (secondary N) is 1. The SMILES string of the molecule is CCCCCCCCCCCCCCCCCCCCNCC.Cl. The number of halogens is 1. The Labute approximate surface area is 160 Å². The molecule has 0 rings (SSSR count). The van der Waals surface area contributed by atoms with Crippen LogP contribution in [-0.2, 0) is 0 Å². The third-order valence-electron chi connectivity index (χ3n) is 4.96. The molecule has 1 nitrogen and oxygen atoms in total. The van der Waals surface area contributed by atoms with Crippen molar-refractivity contribution in [3.05, 3.63) is 0 Å². The number of rotatable bonds is 20. The highest BCUT2D eigenvalue weighted by Gasteiger charge is 1.94. The summed E-state index contributed by atoms with van der Waals surface area (Å²) < 4.78 is 0. The van der Waals surface area contributed by atoms with E-state index in [0.29, 0.717) is 0 Å². The predicted molar refractivity (Wildman–Crippen MR) is 115 cm³/mol. The molecule has 0 aromatic carbocycles. The molecule has 0 spiro atoms. The van der Waals surface area contributed by atoms with Gasteiger partial charge in [-0.1, -0.05) is 123 Å². The summed E-state index contributed by atoms with van der Waals surface area (Å²) >= 11 is 0. The monoisotopic (exact) mass is 361 g/mol. The zero-order valence-corrected chi connectivity index (χ0v) is 17.9. The average molecular weight is 362 g/mol. The Hall–Kier alpha value is 0.250. The van der Waals surface area contributed by atoms with Crippen molar-refractivity contribution in [3.8, 4) is 0 Å². The Morgan fingerprint density at radius 3 is 1.00 bits per heavy atom. The van der Waals surface area contributed by atoms with E-state index in [1.54, 1.807) is 0 Å². The minimum absolute atomic E-state index is 0. The molecule has 0 unspecified atom stereocenters. The number of hydrogen-bond acceptors (Lipinski definition) is 1. The fourth-order valence-electron chi connectivity index (χ4n) is 3.33. The Morgan fingerprint density at radius 2 is 0.708 bits per heavy atom. The Balaban J connectivity index is 0. The molecule has 0 saturated heterocycles. The summed E-state index contributed by atoms with van der Waals surface area (Å²) in [7, 11) is 0. The van der Waals surface area contributed by atoms with Gasteiger partial charge in [-0.25, -0.2) is 0 Å². The predicted octanol–water partition coefficient (Wildman–Crippen LogP) is 8.06. The summed E-state index contributed by atoms with van der Waals surface area (Å²) in [6.07, 6.45) is 26.3. The molecule has 2 heteroatoms. The topological polar surface area (TPSA) is 12.0 Å². The van der Waals surface area contributed by atoms with Crippen molar-refractivity contribution in [2.24, 2.45) is 0 Å². The molecule has 148 valence electrons. The van der Waals surface area contributed by atoms with Crippen LogP contribution in [0.5, 0.6) is 0 Å². The van der Waals surface area contributed by atoms with E-state index in [4.69, 9.17) is 0 Å². The van der Waals surface area contributed by atoms with Crippen LogP contribution in [0.15, 0.2) is 0 Å². The minimum atomic E-state index is 0. The van der Waals surface area contributed by atoms with Crippen molar-refractivity contribution >= 4 is 12.4 Å². The molecule has 1 N–H and O–H groups in total. The fourth-order valence-corrected chi connectivity index (χ4v) is 3.33. The first-order chi connectivity index (χ1) is 11.4. The van der Waals surface area contributed by atoms with Gasteiger partial charge in [0.05, 0.1) is 0 Å². The second-order valence-electron chi connectivity index (χ2n) is 7.36. The third-order valence-corrected chi connectivity index (χ3v) is 4.96. The molecular formula is C22H48ClN. The summed E-state index contributed by atoms with van der Waals surface area (Å²) in [5, 5.41) is 3.40. The molecular weight excluding hydrogens is 314 g/mol. The molecule has 0 atom stereocenters. The highest BCUT2D eigenvalue weighted by Crippen LogP contribution is 2.14. The molecule has 0 aromatic rings. The van der Waals surface area contributed by atoms with Crippen molar-refractivity contribution in [1.29, 1.82) is 0 Å². The van der Waals surface area contributed by atoms with Crippen molar-refractivity contribution in [3.63, 3.8) is 0 Å². The molecule has 0 fully saturated rings. The van der Waals surface area contributed by atoms with Gasteiger partial charge in [0, 0.05) is 0 Å². The van der Waals surface area contributed by atoms with E-state index >= 15 is 0 Å². The molecule has 0 aliphatic rings. The highest BCUT2D eigenvalue weighted by atomic mass is 35.5.